The summed E-state index contributed by atoms with van der Waals surface area (Å²) in [6, 6.07) is 2.16. The lowest BCUT2D eigenvalue weighted by atomic mass is 9.91. The summed E-state index contributed by atoms with van der Waals surface area (Å²) in [5.41, 5.74) is 1.08. The molecule has 2 aromatic heterocycles. The summed E-state index contributed by atoms with van der Waals surface area (Å²) >= 11 is 0. The number of hydrogen-bond donors (Lipinski definition) is 3. The Balaban J connectivity index is 0.000000878. The van der Waals surface area contributed by atoms with Gasteiger partial charge in [-0.05, 0) is 38.7 Å². The van der Waals surface area contributed by atoms with Gasteiger partial charge in [-0.2, -0.15) is 0 Å². The van der Waals surface area contributed by atoms with Gasteiger partial charge in [0.05, 0.1) is 0 Å². The molecule has 1 aliphatic rings. The van der Waals surface area contributed by atoms with E-state index in [1.54, 1.807) is 29.4 Å². The predicted octanol–water partition coefficient (Wildman–Crippen LogP) is 1.27. The van der Waals surface area contributed by atoms with Crippen molar-refractivity contribution in [1.29, 1.82) is 0 Å². The van der Waals surface area contributed by atoms with E-state index in [0.29, 0.717) is 24.2 Å². The second-order valence-electron chi connectivity index (χ2n) is 6.44. The molecule has 1 aliphatic carbocycles. The molecular weight excluding hydrogens is 367 g/mol. The van der Waals surface area contributed by atoms with Gasteiger partial charge in [0, 0.05) is 36.7 Å². The van der Waals surface area contributed by atoms with Crippen LogP contribution in [0.3, 0.4) is 0 Å². The van der Waals surface area contributed by atoms with Crippen molar-refractivity contribution in [1.82, 2.24) is 30.2 Å². The monoisotopic (exact) mass is 392 g/mol. The first-order valence-corrected chi connectivity index (χ1v) is 9.09. The Morgan fingerprint density at radius 2 is 2.00 bits per heavy atom. The molecule has 0 bridgehead atoms. The fourth-order valence-electron chi connectivity index (χ4n) is 3.12. The summed E-state index contributed by atoms with van der Waals surface area (Å²) < 4.78 is 13.9. The lowest BCUT2D eigenvalue weighted by Gasteiger charge is -2.29. The molecule has 0 saturated heterocycles. The highest BCUT2D eigenvalue weighted by molar-refractivity contribution is 5.92. The molecule has 1 amide bonds. The molecule has 0 radical (unpaired) electrons. The zero-order chi connectivity index (χ0) is 20.4. The highest BCUT2D eigenvalue weighted by Crippen LogP contribution is 2.19. The third kappa shape index (κ3) is 6.38. The Labute approximate surface area is 162 Å². The number of amides is 1. The van der Waals surface area contributed by atoms with Crippen LogP contribution in [0, 0.1) is 6.92 Å². The standard InChI is InChI=1S/C17H23FN6O.CH2O2/c1-12-10-15(23-17(21-12)24-9-8-19-11-24)16(25)22-14-4-2-13(3-5-14)20-7-6-18;2-1-3/h8-11,13-14,20H,2-7H2,1H3,(H,22,25);1H,(H,2,3). The van der Waals surface area contributed by atoms with Crippen molar-refractivity contribution >= 4 is 12.4 Å². The van der Waals surface area contributed by atoms with Gasteiger partial charge in [-0.25, -0.2) is 19.3 Å². The van der Waals surface area contributed by atoms with Crippen molar-refractivity contribution in [2.24, 2.45) is 0 Å². The summed E-state index contributed by atoms with van der Waals surface area (Å²) in [7, 11) is 0. The Kier molecular flexibility index (Phi) is 8.47. The van der Waals surface area contributed by atoms with Crippen LogP contribution in [0.5, 0.6) is 0 Å². The highest BCUT2D eigenvalue weighted by Gasteiger charge is 2.23. The smallest absolute Gasteiger partial charge is 0.290 e. The van der Waals surface area contributed by atoms with E-state index in [1.165, 1.54) is 0 Å². The zero-order valence-electron chi connectivity index (χ0n) is 15.7. The number of halogens is 1. The number of carbonyl (C=O) groups is 2. The maximum absolute atomic E-state index is 12.5. The molecule has 0 atom stereocenters. The van der Waals surface area contributed by atoms with Crippen LogP contribution in [-0.2, 0) is 4.79 Å². The number of nitrogens with zero attached hydrogens (tertiary/aromatic N) is 4. The highest BCUT2D eigenvalue weighted by atomic mass is 19.1. The van der Waals surface area contributed by atoms with Crippen molar-refractivity contribution in [2.45, 2.75) is 44.7 Å². The largest absolute Gasteiger partial charge is 0.483 e. The number of carbonyl (C=O) groups excluding carboxylic acids is 1. The van der Waals surface area contributed by atoms with Gasteiger partial charge in [0.15, 0.2) is 0 Å². The molecule has 0 aliphatic heterocycles. The maximum atomic E-state index is 12.5. The van der Waals surface area contributed by atoms with Crippen LogP contribution in [0.1, 0.15) is 41.9 Å². The second-order valence-corrected chi connectivity index (χ2v) is 6.44. The van der Waals surface area contributed by atoms with Gasteiger partial charge in [-0.1, -0.05) is 0 Å². The SMILES string of the molecule is Cc1cc(C(=O)NC2CCC(NCCF)CC2)nc(-n2ccnc2)n1.O=CO. The second kappa shape index (κ2) is 11.1. The number of aromatic nitrogens is 4. The van der Waals surface area contributed by atoms with E-state index in [-0.39, 0.29) is 25.1 Å². The molecule has 3 rings (SSSR count). The average Bonchev–Trinajstić information content (AvgIpc) is 3.22. The van der Waals surface area contributed by atoms with Crippen LogP contribution in [-0.4, -0.2) is 62.3 Å². The molecule has 10 heteroatoms. The third-order valence-corrected chi connectivity index (χ3v) is 4.40. The molecule has 0 aromatic carbocycles. The molecule has 152 valence electrons. The third-order valence-electron chi connectivity index (χ3n) is 4.40. The van der Waals surface area contributed by atoms with E-state index in [9.17, 15) is 9.18 Å². The van der Waals surface area contributed by atoms with Crippen molar-refractivity contribution in [3.63, 3.8) is 0 Å². The van der Waals surface area contributed by atoms with Crippen LogP contribution in [0.4, 0.5) is 4.39 Å². The average molecular weight is 392 g/mol. The van der Waals surface area contributed by atoms with Gasteiger partial charge in [0.25, 0.3) is 12.4 Å². The minimum absolute atomic E-state index is 0.128. The van der Waals surface area contributed by atoms with Gasteiger partial charge in [-0.3, -0.25) is 14.2 Å². The van der Waals surface area contributed by atoms with E-state index in [1.807, 2.05) is 6.92 Å². The van der Waals surface area contributed by atoms with Crippen LogP contribution in [0.15, 0.2) is 24.8 Å². The molecule has 1 fully saturated rings. The Morgan fingerprint density at radius 1 is 1.32 bits per heavy atom. The van der Waals surface area contributed by atoms with Crippen molar-refractivity contribution in [3.05, 3.63) is 36.2 Å². The van der Waals surface area contributed by atoms with Gasteiger partial charge < -0.3 is 15.7 Å². The normalized spacial score (nSPS) is 18.6. The lowest BCUT2D eigenvalue weighted by Crippen LogP contribution is -2.42. The van der Waals surface area contributed by atoms with Gasteiger partial charge in [-0.15, -0.1) is 0 Å². The van der Waals surface area contributed by atoms with Crippen LogP contribution in [0.25, 0.3) is 5.95 Å². The molecule has 3 N–H and O–H groups in total. The number of rotatable bonds is 6. The number of nitrogens with one attached hydrogen (secondary N) is 2. The molecular formula is C18H25FN6O3. The fraction of sp³-hybridized carbons (Fsp3) is 0.500. The Bertz CT molecular complexity index is 748. The summed E-state index contributed by atoms with van der Waals surface area (Å²) in [5, 5.41) is 13.1. The van der Waals surface area contributed by atoms with E-state index >= 15 is 0 Å². The number of alkyl halides is 1. The molecule has 0 spiro atoms. The number of carboxylic acid groups (broad SMARTS) is 1. The molecule has 28 heavy (non-hydrogen) atoms. The molecule has 0 unspecified atom stereocenters. The first-order chi connectivity index (χ1) is 13.6. The molecule has 1 saturated carbocycles. The number of aryl methyl sites for hydroxylation is 1. The van der Waals surface area contributed by atoms with Crippen LogP contribution in [0.2, 0.25) is 0 Å². The topological polar surface area (TPSA) is 122 Å². The first kappa shape index (κ1) is 21.4. The van der Waals surface area contributed by atoms with E-state index in [4.69, 9.17) is 9.90 Å². The van der Waals surface area contributed by atoms with E-state index in [0.717, 1.165) is 31.4 Å². The first-order valence-electron chi connectivity index (χ1n) is 9.09. The fourth-order valence-corrected chi connectivity index (χ4v) is 3.12. The zero-order valence-corrected chi connectivity index (χ0v) is 15.7. The summed E-state index contributed by atoms with van der Waals surface area (Å²) in [6.45, 7) is 1.64. The Hall–Kier alpha value is -2.88. The Morgan fingerprint density at radius 3 is 2.61 bits per heavy atom. The molecule has 9 nitrogen and oxygen atoms in total. The molecule has 2 aromatic rings. The van der Waals surface area contributed by atoms with Gasteiger partial charge in [0.1, 0.15) is 18.7 Å². The lowest BCUT2D eigenvalue weighted by molar-refractivity contribution is -0.122. The van der Waals surface area contributed by atoms with Crippen molar-refractivity contribution in [3.8, 4) is 5.95 Å². The number of hydrogen-bond acceptors (Lipinski definition) is 6. The van der Waals surface area contributed by atoms with Crippen LogP contribution < -0.4 is 10.6 Å². The summed E-state index contributed by atoms with van der Waals surface area (Å²) in [6.07, 6.45) is 8.62. The van der Waals surface area contributed by atoms with Gasteiger partial charge >= 0.3 is 0 Å². The van der Waals surface area contributed by atoms with E-state index < -0.39 is 0 Å². The maximum Gasteiger partial charge on any atom is 0.290 e. The minimum Gasteiger partial charge on any atom is -0.483 e. The van der Waals surface area contributed by atoms with Crippen molar-refractivity contribution < 1.29 is 19.1 Å². The van der Waals surface area contributed by atoms with Gasteiger partial charge in [0.2, 0.25) is 5.95 Å². The summed E-state index contributed by atoms with van der Waals surface area (Å²) in [5.74, 6) is 0.244. The molecule has 2 heterocycles. The van der Waals surface area contributed by atoms with Crippen LogP contribution >= 0.6 is 0 Å². The predicted molar refractivity (Wildman–Crippen MR) is 100 cm³/mol. The minimum atomic E-state index is -0.344. The van der Waals surface area contributed by atoms with E-state index in [2.05, 4.69) is 25.6 Å². The summed E-state index contributed by atoms with van der Waals surface area (Å²) in [4.78, 5) is 33.6. The quantitative estimate of drug-likeness (QED) is 0.633. The number of imidazole rings is 1. The van der Waals surface area contributed by atoms with Crippen molar-refractivity contribution in [2.75, 3.05) is 13.2 Å².